The largest absolute Gasteiger partial charge is 0.376 e. The Balaban J connectivity index is 1.19. The van der Waals surface area contributed by atoms with Crippen molar-refractivity contribution in [3.63, 3.8) is 0 Å². The second kappa shape index (κ2) is 12.2. The zero-order chi connectivity index (χ0) is 31.2. The molecule has 0 saturated heterocycles. The van der Waals surface area contributed by atoms with Crippen LogP contribution in [0.15, 0.2) is 90.0 Å². The van der Waals surface area contributed by atoms with Crippen molar-refractivity contribution < 1.29 is 4.74 Å². The molecule has 0 aliphatic heterocycles. The monoisotopic (exact) mass is 613 g/mol. The Morgan fingerprint density at radius 3 is 2.44 bits per heavy atom. The quantitative estimate of drug-likeness (QED) is 0.128. The van der Waals surface area contributed by atoms with Crippen molar-refractivity contribution in [2.75, 3.05) is 6.61 Å². The van der Waals surface area contributed by atoms with Crippen LogP contribution in [0.5, 0.6) is 0 Å². The van der Waals surface area contributed by atoms with Crippen LogP contribution in [-0.4, -0.2) is 24.8 Å². The minimum atomic E-state index is -1.81. The van der Waals surface area contributed by atoms with Gasteiger partial charge in [-0.25, -0.2) is 0 Å². The second-order valence-corrected chi connectivity index (χ2v) is 19.9. The highest BCUT2D eigenvalue weighted by atomic mass is 28.3. The molecule has 234 valence electrons. The van der Waals surface area contributed by atoms with Crippen LogP contribution in [-0.2, 0) is 11.8 Å². The molecule has 0 N–H and O–H groups in total. The van der Waals surface area contributed by atoms with Gasteiger partial charge in [0.25, 0.3) is 0 Å². The standard InChI is InChI=1S/C42H51NOSi/c1-42(2,3)44-27-12-6-7-13-28-45(5,40-25-22-30-15-8-9-16-33(30)40)41-26-23-34-32(18-14-19-36(34)41)31-21-24-39-37(29-31)35-17-10-11-20-38(35)43(39)4/h10-11,14,17-26,29,40-41H,6-9,12-13,15-16,27-28H2,1-5H3. The van der Waals surface area contributed by atoms with Gasteiger partial charge in [-0.05, 0) is 110 Å². The third kappa shape index (κ3) is 5.72. The molecule has 3 unspecified atom stereocenters. The lowest BCUT2D eigenvalue weighted by atomic mass is 9.93. The number of hydrogen-bond donors (Lipinski definition) is 0. The molecule has 0 radical (unpaired) electrons. The van der Waals surface area contributed by atoms with Crippen molar-refractivity contribution in [1.29, 1.82) is 0 Å². The molecule has 3 aliphatic carbocycles. The summed E-state index contributed by atoms with van der Waals surface area (Å²) < 4.78 is 8.35. The van der Waals surface area contributed by atoms with E-state index in [9.17, 15) is 0 Å². The topological polar surface area (TPSA) is 14.2 Å². The van der Waals surface area contributed by atoms with Crippen LogP contribution in [0.1, 0.15) is 88.8 Å². The summed E-state index contributed by atoms with van der Waals surface area (Å²) in [5.41, 5.74) is 13.1. The first-order valence-corrected chi connectivity index (χ1v) is 20.4. The average Bonchev–Trinajstić information content (AvgIpc) is 3.75. The minimum Gasteiger partial charge on any atom is -0.376 e. The fraction of sp³-hybridized carbons (Fsp3) is 0.429. The molecule has 7 rings (SSSR count). The molecule has 3 aromatic carbocycles. The molecule has 4 aromatic rings. The molecule has 0 fully saturated rings. The Kier molecular flexibility index (Phi) is 8.29. The Hall–Kier alpha value is -3.14. The van der Waals surface area contributed by atoms with Crippen molar-refractivity contribution in [3.8, 4) is 11.1 Å². The third-order valence-electron chi connectivity index (χ3n) is 11.1. The number of fused-ring (bicyclic) bond motifs is 4. The number of unbranched alkanes of at least 4 members (excludes halogenated alkanes) is 3. The highest BCUT2D eigenvalue weighted by Gasteiger charge is 2.46. The zero-order valence-electron chi connectivity index (χ0n) is 28.2. The molecule has 45 heavy (non-hydrogen) atoms. The first-order chi connectivity index (χ1) is 21.7. The number of nitrogens with zero attached hydrogens (tertiary/aromatic N) is 1. The van der Waals surface area contributed by atoms with Gasteiger partial charge in [0.05, 0.1) is 13.7 Å². The number of para-hydroxylation sites is 1. The second-order valence-electron chi connectivity index (χ2n) is 15.2. The summed E-state index contributed by atoms with van der Waals surface area (Å²) >= 11 is 0. The lowest BCUT2D eigenvalue weighted by Gasteiger charge is -2.41. The van der Waals surface area contributed by atoms with Crippen molar-refractivity contribution in [1.82, 2.24) is 4.57 Å². The first-order valence-electron chi connectivity index (χ1n) is 17.6. The maximum absolute atomic E-state index is 6.01. The predicted molar refractivity (Wildman–Crippen MR) is 197 cm³/mol. The first kappa shape index (κ1) is 30.5. The molecule has 0 amide bonds. The van der Waals surface area contributed by atoms with Gasteiger partial charge in [-0.1, -0.05) is 104 Å². The van der Waals surface area contributed by atoms with Gasteiger partial charge >= 0.3 is 0 Å². The number of ether oxygens (including phenoxy) is 1. The zero-order valence-corrected chi connectivity index (χ0v) is 29.2. The smallest absolute Gasteiger partial charge is 0.0740 e. The molecule has 3 aliphatic rings. The van der Waals surface area contributed by atoms with Crippen molar-refractivity contribution >= 4 is 36.0 Å². The van der Waals surface area contributed by atoms with E-state index in [-0.39, 0.29) is 5.60 Å². The van der Waals surface area contributed by atoms with Gasteiger partial charge in [-0.15, -0.1) is 0 Å². The van der Waals surface area contributed by atoms with E-state index in [1.807, 2.05) is 5.57 Å². The lowest BCUT2D eigenvalue weighted by molar-refractivity contribution is -0.00471. The summed E-state index contributed by atoms with van der Waals surface area (Å²) in [6, 6.07) is 24.5. The summed E-state index contributed by atoms with van der Waals surface area (Å²) in [7, 11) is 0.380. The van der Waals surface area contributed by atoms with Crippen molar-refractivity contribution in [3.05, 3.63) is 101 Å². The maximum Gasteiger partial charge on any atom is 0.0740 e. The fourth-order valence-electron chi connectivity index (χ4n) is 8.79. The summed E-state index contributed by atoms with van der Waals surface area (Å²) in [5.74, 6) is 0. The molecular formula is C42H51NOSi. The Morgan fingerprint density at radius 1 is 0.800 bits per heavy atom. The minimum absolute atomic E-state index is 0.0343. The van der Waals surface area contributed by atoms with Crippen molar-refractivity contribution in [2.24, 2.45) is 7.05 Å². The molecule has 3 heteroatoms. The fourth-order valence-corrected chi connectivity index (χ4v) is 14.0. The van der Waals surface area contributed by atoms with E-state index >= 15 is 0 Å². The summed E-state index contributed by atoms with van der Waals surface area (Å²) in [6.45, 7) is 10.1. The summed E-state index contributed by atoms with van der Waals surface area (Å²) in [6.07, 6.45) is 20.7. The molecular weight excluding hydrogens is 563 g/mol. The lowest BCUT2D eigenvalue weighted by Crippen LogP contribution is -2.42. The summed E-state index contributed by atoms with van der Waals surface area (Å²) in [4.78, 5) is 0. The van der Waals surface area contributed by atoms with E-state index in [1.165, 1.54) is 95.9 Å². The van der Waals surface area contributed by atoms with Gasteiger partial charge in [-0.2, -0.15) is 0 Å². The highest BCUT2D eigenvalue weighted by molar-refractivity contribution is 6.83. The number of rotatable bonds is 10. The molecule has 0 saturated carbocycles. The van der Waals surface area contributed by atoms with E-state index in [0.29, 0.717) is 11.1 Å². The van der Waals surface area contributed by atoms with Gasteiger partial charge in [0.1, 0.15) is 0 Å². The molecule has 3 atom stereocenters. The van der Waals surface area contributed by atoms with Crippen LogP contribution < -0.4 is 0 Å². The number of allylic oxidation sites excluding steroid dienone is 5. The van der Waals surface area contributed by atoms with Gasteiger partial charge in [0, 0.05) is 35.5 Å². The average molecular weight is 614 g/mol. The number of aromatic nitrogens is 1. The van der Waals surface area contributed by atoms with E-state index in [0.717, 1.165) is 6.61 Å². The molecule has 0 bridgehead atoms. The van der Waals surface area contributed by atoms with Gasteiger partial charge in [0.15, 0.2) is 0 Å². The van der Waals surface area contributed by atoms with Crippen LogP contribution in [0.25, 0.3) is 39.0 Å². The number of benzene rings is 3. The van der Waals surface area contributed by atoms with Crippen LogP contribution in [0.4, 0.5) is 0 Å². The van der Waals surface area contributed by atoms with Crippen LogP contribution in [0, 0.1) is 0 Å². The Morgan fingerprint density at radius 2 is 1.58 bits per heavy atom. The normalized spacial score (nSPS) is 20.7. The van der Waals surface area contributed by atoms with E-state index in [4.69, 9.17) is 4.74 Å². The predicted octanol–water partition coefficient (Wildman–Crippen LogP) is 11.9. The van der Waals surface area contributed by atoms with E-state index < -0.39 is 8.07 Å². The van der Waals surface area contributed by atoms with Gasteiger partial charge < -0.3 is 9.30 Å². The van der Waals surface area contributed by atoms with Crippen LogP contribution in [0.2, 0.25) is 18.1 Å². The molecule has 0 spiro atoms. The van der Waals surface area contributed by atoms with E-state index in [1.54, 1.807) is 11.1 Å². The van der Waals surface area contributed by atoms with Gasteiger partial charge in [-0.3, -0.25) is 0 Å². The number of hydrogen-bond acceptors (Lipinski definition) is 1. The number of aryl methyl sites for hydroxylation is 1. The molecule has 1 aromatic heterocycles. The molecule has 2 nitrogen and oxygen atoms in total. The van der Waals surface area contributed by atoms with Crippen molar-refractivity contribution in [2.45, 2.75) is 101 Å². The maximum atomic E-state index is 6.01. The Labute approximate surface area is 271 Å². The highest BCUT2D eigenvalue weighted by Crippen LogP contribution is 2.54. The molecule has 1 heterocycles. The summed E-state index contributed by atoms with van der Waals surface area (Å²) in [5, 5.41) is 2.69. The Bertz CT molecular complexity index is 1810. The van der Waals surface area contributed by atoms with Gasteiger partial charge in [0.2, 0.25) is 0 Å². The van der Waals surface area contributed by atoms with E-state index in [2.05, 4.69) is 124 Å². The third-order valence-corrected chi connectivity index (χ3v) is 16.5. The SMILES string of the molecule is Cn1c2ccccc2c2cc(-c3cccc4c3C=CC4[Si](C)(CCCCCCOC(C)(C)C)C3C=CC4=C3CCCC4)ccc21. The van der Waals surface area contributed by atoms with Crippen LogP contribution >= 0.6 is 0 Å². The van der Waals surface area contributed by atoms with Crippen LogP contribution in [0.3, 0.4) is 0 Å².